The lowest BCUT2D eigenvalue weighted by Crippen LogP contribution is -2.42. The lowest BCUT2D eigenvalue weighted by atomic mass is 9.96. The van der Waals surface area contributed by atoms with Crippen LogP contribution in [0.3, 0.4) is 0 Å². The van der Waals surface area contributed by atoms with Crippen molar-refractivity contribution in [1.82, 2.24) is 4.90 Å². The van der Waals surface area contributed by atoms with Crippen LogP contribution in [0.4, 0.5) is 0 Å². The van der Waals surface area contributed by atoms with E-state index in [0.29, 0.717) is 0 Å². The van der Waals surface area contributed by atoms with E-state index >= 15 is 0 Å². The highest BCUT2D eigenvalue weighted by Gasteiger charge is 2.41. The van der Waals surface area contributed by atoms with Gasteiger partial charge in [0.15, 0.2) is 0 Å². The van der Waals surface area contributed by atoms with Crippen LogP contribution in [0.2, 0.25) is 0 Å². The molecule has 0 heterocycles. The van der Waals surface area contributed by atoms with Gasteiger partial charge in [0.25, 0.3) is 0 Å². The molecule has 0 saturated carbocycles. The Morgan fingerprint density at radius 2 is 1.88 bits per heavy atom. The fraction of sp³-hybridized carbons (Fsp3) is 0.667. The first-order valence-electron chi connectivity index (χ1n) is 9.73. The Hall–Kier alpha value is -1.55. The normalized spacial score (nSPS) is 19.1. The number of hydrogen-bond acceptors (Lipinski definition) is 4. The summed E-state index contributed by atoms with van der Waals surface area (Å²) in [6, 6.07) is 6.41. The molecule has 1 aromatic carbocycles. The van der Waals surface area contributed by atoms with E-state index in [4.69, 9.17) is 9.47 Å². The number of nitrogens with zero attached hydrogens (tertiary/aromatic N) is 1. The van der Waals surface area contributed by atoms with Gasteiger partial charge < -0.3 is 9.47 Å². The van der Waals surface area contributed by atoms with Crippen LogP contribution in [-0.4, -0.2) is 43.7 Å². The van der Waals surface area contributed by atoms with E-state index < -0.39 is 0 Å². The van der Waals surface area contributed by atoms with Crippen LogP contribution in [0.1, 0.15) is 63.5 Å². The number of carbonyl (C=O) groups is 1. The molecule has 0 fully saturated rings. The highest BCUT2D eigenvalue weighted by molar-refractivity contribution is 5.81. The summed E-state index contributed by atoms with van der Waals surface area (Å²) in [6.45, 7) is 9.29. The molecule has 140 valence electrons. The van der Waals surface area contributed by atoms with Crippen LogP contribution in [0.25, 0.3) is 0 Å². The number of hydrogen-bond donors (Lipinski definition) is 0. The Bertz CT molecular complexity index is 552. The summed E-state index contributed by atoms with van der Waals surface area (Å²) < 4.78 is 11.0. The fourth-order valence-electron chi connectivity index (χ4n) is 3.79. The van der Waals surface area contributed by atoms with Gasteiger partial charge in [0.2, 0.25) is 0 Å². The average Bonchev–Trinajstić information content (AvgIpc) is 2.99. The molecule has 0 bridgehead atoms. The number of fused-ring (bicyclic) bond motifs is 1. The fourth-order valence-corrected chi connectivity index (χ4v) is 3.79. The lowest BCUT2D eigenvalue weighted by Gasteiger charge is -2.31. The zero-order valence-corrected chi connectivity index (χ0v) is 16.2. The topological polar surface area (TPSA) is 38.8 Å². The van der Waals surface area contributed by atoms with E-state index in [1.807, 2.05) is 6.07 Å². The van der Waals surface area contributed by atoms with Gasteiger partial charge in [-0.1, -0.05) is 33.3 Å². The van der Waals surface area contributed by atoms with Crippen molar-refractivity contribution in [2.24, 2.45) is 0 Å². The summed E-state index contributed by atoms with van der Waals surface area (Å²) in [5, 5.41) is 0. The van der Waals surface area contributed by atoms with Crippen LogP contribution in [0, 0.1) is 0 Å². The number of carbonyl (C=O) groups excluding carboxylic acids is 1. The maximum absolute atomic E-state index is 12.6. The second kappa shape index (κ2) is 9.81. The summed E-state index contributed by atoms with van der Waals surface area (Å²) in [7, 11) is 1.49. The molecular weight excluding hydrogens is 314 g/mol. The van der Waals surface area contributed by atoms with Crippen molar-refractivity contribution in [3.63, 3.8) is 0 Å². The molecule has 0 saturated heterocycles. The average molecular weight is 347 g/mol. The summed E-state index contributed by atoms with van der Waals surface area (Å²) in [4.78, 5) is 15.0. The second-order valence-corrected chi connectivity index (χ2v) is 6.87. The number of esters is 1. The maximum atomic E-state index is 12.6. The molecule has 0 amide bonds. The summed E-state index contributed by atoms with van der Waals surface area (Å²) in [5.74, 6) is 0.513. The van der Waals surface area contributed by atoms with Gasteiger partial charge in [-0.3, -0.25) is 9.69 Å². The van der Waals surface area contributed by atoms with E-state index in [9.17, 15) is 4.79 Å². The molecule has 2 atom stereocenters. The van der Waals surface area contributed by atoms with E-state index in [0.717, 1.165) is 63.1 Å². The summed E-state index contributed by atoms with van der Waals surface area (Å²) in [5.41, 5.74) is 2.34. The van der Waals surface area contributed by atoms with Gasteiger partial charge in [0, 0.05) is 6.04 Å². The zero-order chi connectivity index (χ0) is 18.2. The Balaban J connectivity index is 2.27. The van der Waals surface area contributed by atoms with Crippen molar-refractivity contribution in [1.29, 1.82) is 0 Å². The minimum Gasteiger partial charge on any atom is -0.494 e. The summed E-state index contributed by atoms with van der Waals surface area (Å²) >= 11 is 0. The van der Waals surface area contributed by atoms with Crippen molar-refractivity contribution in [2.75, 3.05) is 26.8 Å². The first kappa shape index (κ1) is 19.8. The third-order valence-corrected chi connectivity index (χ3v) is 4.98. The van der Waals surface area contributed by atoms with Gasteiger partial charge in [-0.2, -0.15) is 0 Å². The first-order chi connectivity index (χ1) is 12.2. The molecule has 2 rings (SSSR count). The van der Waals surface area contributed by atoms with Crippen LogP contribution < -0.4 is 4.74 Å². The molecule has 1 aliphatic rings. The summed E-state index contributed by atoms with van der Waals surface area (Å²) in [6.07, 6.45) is 5.24. The second-order valence-electron chi connectivity index (χ2n) is 6.87. The molecule has 0 radical (unpaired) electrons. The molecule has 0 aromatic heterocycles. The largest absolute Gasteiger partial charge is 0.494 e. The number of rotatable bonds is 10. The third-order valence-electron chi connectivity index (χ3n) is 4.98. The lowest BCUT2D eigenvalue weighted by molar-refractivity contribution is -0.144. The van der Waals surface area contributed by atoms with E-state index in [-0.39, 0.29) is 17.9 Å². The van der Waals surface area contributed by atoms with Crippen LogP contribution >= 0.6 is 0 Å². The molecule has 1 aromatic rings. The number of unbranched alkanes of at least 4 members (excludes halogenated alkanes) is 1. The number of benzene rings is 1. The molecule has 0 aliphatic heterocycles. The minimum atomic E-state index is -0.215. The van der Waals surface area contributed by atoms with Crippen molar-refractivity contribution in [2.45, 2.75) is 64.8 Å². The van der Waals surface area contributed by atoms with Crippen molar-refractivity contribution in [3.8, 4) is 5.75 Å². The van der Waals surface area contributed by atoms with E-state index in [1.165, 1.54) is 12.7 Å². The molecule has 1 aliphatic carbocycles. The highest BCUT2D eigenvalue weighted by Crippen LogP contribution is 2.39. The predicted molar refractivity (Wildman–Crippen MR) is 101 cm³/mol. The number of ether oxygens (including phenoxy) is 2. The van der Waals surface area contributed by atoms with Crippen LogP contribution in [-0.2, 0) is 16.0 Å². The van der Waals surface area contributed by atoms with Gasteiger partial charge in [-0.15, -0.1) is 0 Å². The van der Waals surface area contributed by atoms with E-state index in [1.54, 1.807) is 0 Å². The van der Waals surface area contributed by atoms with Crippen LogP contribution in [0.15, 0.2) is 18.2 Å². The Morgan fingerprint density at radius 3 is 2.48 bits per heavy atom. The molecule has 0 N–H and O–H groups in total. The van der Waals surface area contributed by atoms with E-state index in [2.05, 4.69) is 37.8 Å². The number of methoxy groups -OCH3 is 1. The Morgan fingerprint density at radius 1 is 1.16 bits per heavy atom. The van der Waals surface area contributed by atoms with Gasteiger partial charge >= 0.3 is 5.97 Å². The smallest absolute Gasteiger partial charge is 0.314 e. The molecule has 4 heteroatoms. The van der Waals surface area contributed by atoms with Gasteiger partial charge in [-0.25, -0.2) is 0 Å². The van der Waals surface area contributed by atoms with Gasteiger partial charge in [0.1, 0.15) is 5.75 Å². The maximum Gasteiger partial charge on any atom is 0.314 e. The molecule has 2 unspecified atom stereocenters. The predicted octanol–water partition coefficient (Wildman–Crippen LogP) is 4.17. The molecular formula is C21H33NO3. The Labute approximate surface area is 152 Å². The quantitative estimate of drug-likeness (QED) is 0.470. The molecule has 0 spiro atoms. The third kappa shape index (κ3) is 4.75. The van der Waals surface area contributed by atoms with Gasteiger partial charge in [-0.05, 0) is 62.0 Å². The highest BCUT2D eigenvalue weighted by atomic mass is 16.5. The van der Waals surface area contributed by atoms with Crippen molar-refractivity contribution < 1.29 is 14.3 Å². The standard InChI is InChI=1S/C21H33NO3/c1-5-8-13-25-17-10-9-16-14-19(22(11-6-2)12-7-3)20(18(16)15-17)21(23)24-4/h9-10,15,19-20H,5-8,11-14H2,1-4H3. The SMILES string of the molecule is CCCCOc1ccc2c(c1)C(C(=O)OC)C(N(CCC)CCC)C2. The molecule has 4 nitrogen and oxygen atoms in total. The monoisotopic (exact) mass is 347 g/mol. The van der Waals surface area contributed by atoms with Crippen LogP contribution in [0.5, 0.6) is 5.75 Å². The van der Waals surface area contributed by atoms with Crippen molar-refractivity contribution >= 4 is 5.97 Å². The first-order valence-corrected chi connectivity index (χ1v) is 9.73. The molecule has 25 heavy (non-hydrogen) atoms. The zero-order valence-electron chi connectivity index (χ0n) is 16.2. The van der Waals surface area contributed by atoms with Crippen molar-refractivity contribution in [3.05, 3.63) is 29.3 Å². The van der Waals surface area contributed by atoms with Gasteiger partial charge in [0.05, 0.1) is 19.6 Å². The Kier molecular flexibility index (Phi) is 7.76. The minimum absolute atomic E-state index is 0.133.